The minimum Gasteiger partial charge on any atom is -0.474 e. The van der Waals surface area contributed by atoms with Gasteiger partial charge in [-0.05, 0) is 57.1 Å². The first-order valence-electron chi connectivity index (χ1n) is 10.0. The molecule has 0 saturated heterocycles. The van der Waals surface area contributed by atoms with Gasteiger partial charge in [0, 0.05) is 32.3 Å². The van der Waals surface area contributed by atoms with Crippen LogP contribution in [0.4, 0.5) is 5.82 Å². The first-order valence-corrected chi connectivity index (χ1v) is 10.0. The molecule has 1 aliphatic rings. The number of hydrogen-bond donors (Lipinski definition) is 1. The second-order valence-corrected chi connectivity index (χ2v) is 7.68. The summed E-state index contributed by atoms with van der Waals surface area (Å²) in [7, 11) is 3.93. The molecule has 1 N–H and O–H groups in total. The summed E-state index contributed by atoms with van der Waals surface area (Å²) in [6, 6.07) is 11.3. The quantitative estimate of drug-likeness (QED) is 0.792. The second-order valence-electron chi connectivity index (χ2n) is 7.68. The predicted octanol–water partition coefficient (Wildman–Crippen LogP) is 3.61. The normalized spacial score (nSPS) is 19.1. The van der Waals surface area contributed by atoms with Crippen molar-refractivity contribution in [3.63, 3.8) is 0 Å². The fourth-order valence-corrected chi connectivity index (χ4v) is 3.61. The molecule has 0 bridgehead atoms. The van der Waals surface area contributed by atoms with Gasteiger partial charge in [-0.25, -0.2) is 4.98 Å². The number of carbonyl (C=O) groups excluding carboxylic acids is 1. The van der Waals surface area contributed by atoms with E-state index in [1.165, 1.54) is 0 Å². The zero-order valence-corrected chi connectivity index (χ0v) is 17.0. The average Bonchev–Trinajstić information content (AvgIpc) is 2.69. The van der Waals surface area contributed by atoms with Crippen molar-refractivity contribution in [2.45, 2.75) is 45.1 Å². The predicted molar refractivity (Wildman–Crippen MR) is 111 cm³/mol. The summed E-state index contributed by atoms with van der Waals surface area (Å²) in [4.78, 5) is 22.9. The molecule has 150 valence electrons. The Morgan fingerprint density at radius 2 is 1.86 bits per heavy atom. The van der Waals surface area contributed by atoms with E-state index in [0.717, 1.165) is 55.9 Å². The number of aromatic nitrogens is 2. The van der Waals surface area contributed by atoms with E-state index < -0.39 is 0 Å². The van der Waals surface area contributed by atoms with Crippen molar-refractivity contribution in [1.82, 2.24) is 15.3 Å². The Labute approximate surface area is 167 Å². The van der Waals surface area contributed by atoms with Crippen LogP contribution in [0.25, 0.3) is 0 Å². The lowest BCUT2D eigenvalue weighted by Gasteiger charge is -2.29. The molecule has 1 heterocycles. The third-order valence-electron chi connectivity index (χ3n) is 5.21. The van der Waals surface area contributed by atoms with Gasteiger partial charge in [0.2, 0.25) is 5.88 Å². The van der Waals surface area contributed by atoms with Crippen molar-refractivity contribution in [1.29, 1.82) is 0 Å². The Bertz CT molecular complexity index is 771. The number of benzene rings is 1. The van der Waals surface area contributed by atoms with Crippen LogP contribution in [0.3, 0.4) is 0 Å². The summed E-state index contributed by atoms with van der Waals surface area (Å²) in [5.41, 5.74) is 0.719. The molecule has 0 aliphatic heterocycles. The van der Waals surface area contributed by atoms with Gasteiger partial charge in [-0.3, -0.25) is 4.79 Å². The van der Waals surface area contributed by atoms with Gasteiger partial charge in [-0.1, -0.05) is 18.2 Å². The van der Waals surface area contributed by atoms with Gasteiger partial charge in [-0.2, -0.15) is 4.98 Å². The summed E-state index contributed by atoms with van der Waals surface area (Å²) in [6.07, 6.45) is 5.52. The van der Waals surface area contributed by atoms with E-state index in [1.54, 1.807) is 0 Å². The topological polar surface area (TPSA) is 67.3 Å². The molecule has 1 saturated carbocycles. The first kappa shape index (κ1) is 20.1. The Hall–Kier alpha value is -2.63. The first-order chi connectivity index (χ1) is 13.5. The number of rotatable bonds is 7. The van der Waals surface area contributed by atoms with Crippen LogP contribution in [0.1, 0.15) is 48.3 Å². The lowest BCUT2D eigenvalue weighted by atomic mass is 9.85. The van der Waals surface area contributed by atoms with Crippen LogP contribution in [-0.4, -0.2) is 42.6 Å². The molecule has 6 heteroatoms. The molecule has 0 radical (unpaired) electrons. The maximum Gasteiger partial charge on any atom is 0.251 e. The lowest BCUT2D eigenvalue weighted by Crippen LogP contribution is -2.29. The highest BCUT2D eigenvalue weighted by molar-refractivity contribution is 5.94. The molecule has 2 aromatic rings. The van der Waals surface area contributed by atoms with Gasteiger partial charge in [0.25, 0.3) is 5.91 Å². The summed E-state index contributed by atoms with van der Waals surface area (Å²) in [5, 5.41) is 3.03. The monoisotopic (exact) mass is 382 g/mol. The second kappa shape index (κ2) is 9.53. The molecule has 0 unspecified atom stereocenters. The van der Waals surface area contributed by atoms with Crippen molar-refractivity contribution >= 4 is 11.7 Å². The van der Waals surface area contributed by atoms with E-state index in [9.17, 15) is 4.79 Å². The molecule has 3 rings (SSSR count). The van der Waals surface area contributed by atoms with Gasteiger partial charge >= 0.3 is 0 Å². The highest BCUT2D eigenvalue weighted by Crippen LogP contribution is 2.29. The summed E-state index contributed by atoms with van der Waals surface area (Å²) >= 11 is 0. The SMILES string of the molecule is Cc1nc(OC2CCC(CCNC(=O)c3ccccc3)CC2)cc(N(C)C)n1. The molecular weight excluding hydrogens is 352 g/mol. The van der Waals surface area contributed by atoms with Crippen molar-refractivity contribution in [3.8, 4) is 5.88 Å². The number of anilines is 1. The van der Waals surface area contributed by atoms with Crippen LogP contribution in [0.2, 0.25) is 0 Å². The number of ether oxygens (including phenoxy) is 1. The maximum atomic E-state index is 12.1. The number of carbonyl (C=O) groups is 1. The number of hydrogen-bond acceptors (Lipinski definition) is 5. The number of nitrogens with one attached hydrogen (secondary N) is 1. The Kier molecular flexibility index (Phi) is 6.85. The van der Waals surface area contributed by atoms with E-state index in [0.29, 0.717) is 11.8 Å². The van der Waals surface area contributed by atoms with Gasteiger partial charge in [0.05, 0.1) is 0 Å². The smallest absolute Gasteiger partial charge is 0.251 e. The van der Waals surface area contributed by atoms with E-state index in [2.05, 4.69) is 15.3 Å². The fourth-order valence-electron chi connectivity index (χ4n) is 3.61. The van der Waals surface area contributed by atoms with Crippen molar-refractivity contribution in [2.75, 3.05) is 25.5 Å². The summed E-state index contributed by atoms with van der Waals surface area (Å²) < 4.78 is 6.13. The molecule has 28 heavy (non-hydrogen) atoms. The maximum absolute atomic E-state index is 12.1. The van der Waals surface area contributed by atoms with Crippen LogP contribution in [0.15, 0.2) is 36.4 Å². The highest BCUT2D eigenvalue weighted by atomic mass is 16.5. The molecule has 1 aromatic carbocycles. The van der Waals surface area contributed by atoms with Crippen LogP contribution in [0.5, 0.6) is 5.88 Å². The number of nitrogens with zero attached hydrogens (tertiary/aromatic N) is 3. The van der Waals surface area contributed by atoms with E-state index in [4.69, 9.17) is 4.74 Å². The van der Waals surface area contributed by atoms with Crippen LogP contribution in [0, 0.1) is 12.8 Å². The highest BCUT2D eigenvalue weighted by Gasteiger charge is 2.23. The van der Waals surface area contributed by atoms with Gasteiger partial charge in [0.15, 0.2) is 0 Å². The molecule has 1 fully saturated rings. The van der Waals surface area contributed by atoms with E-state index in [1.807, 2.05) is 62.3 Å². The molecule has 1 aliphatic carbocycles. The van der Waals surface area contributed by atoms with Crippen LogP contribution in [-0.2, 0) is 0 Å². The Morgan fingerprint density at radius 3 is 2.54 bits per heavy atom. The Morgan fingerprint density at radius 1 is 1.14 bits per heavy atom. The minimum absolute atomic E-state index is 0.00782. The average molecular weight is 383 g/mol. The van der Waals surface area contributed by atoms with E-state index in [-0.39, 0.29) is 12.0 Å². The van der Waals surface area contributed by atoms with Gasteiger partial charge in [0.1, 0.15) is 17.7 Å². The largest absolute Gasteiger partial charge is 0.474 e. The molecule has 1 amide bonds. The Balaban J connectivity index is 1.41. The van der Waals surface area contributed by atoms with Gasteiger partial charge in [-0.15, -0.1) is 0 Å². The molecule has 0 spiro atoms. The summed E-state index contributed by atoms with van der Waals surface area (Å²) in [6.45, 7) is 2.61. The van der Waals surface area contributed by atoms with Crippen molar-refractivity contribution < 1.29 is 9.53 Å². The van der Waals surface area contributed by atoms with Crippen molar-refractivity contribution in [2.24, 2.45) is 5.92 Å². The van der Waals surface area contributed by atoms with Crippen LogP contribution >= 0.6 is 0 Å². The number of aryl methyl sites for hydroxylation is 1. The minimum atomic E-state index is 0.00782. The summed E-state index contributed by atoms with van der Waals surface area (Å²) in [5.74, 6) is 2.90. The molecule has 0 atom stereocenters. The zero-order chi connectivity index (χ0) is 19.9. The van der Waals surface area contributed by atoms with Crippen LogP contribution < -0.4 is 15.0 Å². The third-order valence-corrected chi connectivity index (χ3v) is 5.21. The zero-order valence-electron chi connectivity index (χ0n) is 17.0. The lowest BCUT2D eigenvalue weighted by molar-refractivity contribution is 0.0942. The standard InChI is InChI=1S/C22H30N4O2/c1-16-24-20(26(2)3)15-21(25-16)28-19-11-9-17(10-12-19)13-14-23-22(27)18-7-5-4-6-8-18/h4-8,15,17,19H,9-14H2,1-3H3,(H,23,27). The van der Waals surface area contributed by atoms with E-state index >= 15 is 0 Å². The molecular formula is C22H30N4O2. The molecule has 6 nitrogen and oxygen atoms in total. The third kappa shape index (κ3) is 5.68. The molecule has 1 aromatic heterocycles. The van der Waals surface area contributed by atoms with Gasteiger partial charge < -0.3 is 15.0 Å². The number of amides is 1. The fraction of sp³-hybridized carbons (Fsp3) is 0.500. The van der Waals surface area contributed by atoms with Crippen molar-refractivity contribution in [3.05, 3.63) is 47.8 Å².